The van der Waals surface area contributed by atoms with E-state index in [2.05, 4.69) is 10.3 Å². The summed E-state index contributed by atoms with van der Waals surface area (Å²) >= 11 is 6.59. The van der Waals surface area contributed by atoms with Gasteiger partial charge < -0.3 is 45.7 Å². The number of likely N-dealkylation sites (N-methyl/N-ethyl adjacent to an activating group) is 1. The van der Waals surface area contributed by atoms with E-state index in [4.69, 9.17) is 26.8 Å². The van der Waals surface area contributed by atoms with Gasteiger partial charge in [0.15, 0.2) is 6.61 Å². The second-order valence-corrected chi connectivity index (χ2v) is 14.7. The highest BCUT2D eigenvalue weighted by Gasteiger charge is 2.31. The van der Waals surface area contributed by atoms with Crippen molar-refractivity contribution < 1.29 is 34.4 Å². The first-order valence-corrected chi connectivity index (χ1v) is 19.2. The van der Waals surface area contributed by atoms with Crippen LogP contribution in [0, 0.1) is 0 Å². The summed E-state index contributed by atoms with van der Waals surface area (Å²) in [6, 6.07) is 24.7. The minimum absolute atomic E-state index is 0.0808. The van der Waals surface area contributed by atoms with Gasteiger partial charge in [-0.05, 0) is 73.1 Å². The average Bonchev–Trinajstić information content (AvgIpc) is 3.20. The Labute approximate surface area is 335 Å². The average molecular weight is 798 g/mol. The topological polar surface area (TPSA) is 191 Å². The molecule has 0 aliphatic heterocycles. The van der Waals surface area contributed by atoms with Crippen LogP contribution >= 0.6 is 11.6 Å². The van der Waals surface area contributed by atoms with Crippen molar-refractivity contribution in [2.45, 2.75) is 56.8 Å². The molecule has 1 aliphatic carbocycles. The van der Waals surface area contributed by atoms with Crippen LogP contribution in [0.2, 0.25) is 5.02 Å². The van der Waals surface area contributed by atoms with Crippen molar-refractivity contribution in [2.75, 3.05) is 38.8 Å². The quantitative estimate of drug-likeness (QED) is 0.0709. The zero-order chi connectivity index (χ0) is 40.6. The highest BCUT2D eigenvalue weighted by atomic mass is 35.5. The number of aliphatic hydroxyl groups excluding tert-OH is 1. The van der Waals surface area contributed by atoms with Crippen LogP contribution in [0.3, 0.4) is 0 Å². The molecule has 5 aromatic rings. The van der Waals surface area contributed by atoms with Crippen LogP contribution < -0.4 is 31.0 Å². The van der Waals surface area contributed by atoms with Crippen molar-refractivity contribution in [3.8, 4) is 28.4 Å². The third-order valence-corrected chi connectivity index (χ3v) is 10.8. The van der Waals surface area contributed by atoms with Crippen LogP contribution in [0.25, 0.3) is 22.0 Å². The molecule has 1 saturated carbocycles. The number of aromatic hydroxyl groups is 1. The van der Waals surface area contributed by atoms with Crippen molar-refractivity contribution >= 4 is 40.2 Å². The third-order valence-electron chi connectivity index (χ3n) is 10.5. The van der Waals surface area contributed by atoms with Crippen molar-refractivity contribution in [2.24, 2.45) is 5.73 Å². The van der Waals surface area contributed by atoms with Crippen molar-refractivity contribution in [3.05, 3.63) is 117 Å². The fraction of sp³-hybridized carbons (Fsp3) is 0.326. The normalized spacial score (nSPS) is 15.9. The maximum Gasteiger partial charge on any atom is 0.412 e. The molecule has 0 spiro atoms. The van der Waals surface area contributed by atoms with Crippen LogP contribution in [-0.2, 0) is 17.8 Å². The Bertz CT molecular complexity index is 2260. The number of hydrogen-bond acceptors (Lipinski definition) is 9. The molecule has 1 fully saturated rings. The van der Waals surface area contributed by atoms with Crippen LogP contribution in [0.1, 0.15) is 48.5 Å². The van der Waals surface area contributed by atoms with Gasteiger partial charge in [0.05, 0.1) is 29.4 Å². The molecule has 1 atom stereocenters. The molecule has 4 aromatic carbocycles. The third kappa shape index (κ3) is 9.86. The number of nitrogens with zero attached hydrogens (tertiary/aromatic N) is 2. The molecule has 6 rings (SSSR count). The Hall–Kier alpha value is -5.60. The van der Waals surface area contributed by atoms with Gasteiger partial charge in [-0.25, -0.2) is 4.79 Å². The number of carboxylic acid groups (broad SMARTS) is 1. The largest absolute Gasteiger partial charge is 0.506 e. The number of H-pyrrole nitrogens is 1. The number of benzene rings is 4. The SMILES string of the molecule is COc1cc(OCC(=O)N(C)CCc2ccc(-c3ccccc3)c(N(C(=O)O)[C@H]3CC[C@H](N)CC3)c2)c(Cl)cc1CNC[C@H](O)c1ccc(O)c2[nH]c(=O)ccc12. The molecule has 57 heavy (non-hydrogen) atoms. The van der Waals surface area contributed by atoms with Gasteiger partial charge in [-0.1, -0.05) is 60.1 Å². The van der Waals surface area contributed by atoms with Gasteiger partial charge in [0.25, 0.3) is 5.91 Å². The summed E-state index contributed by atoms with van der Waals surface area (Å²) in [5.74, 6) is 0.364. The van der Waals surface area contributed by atoms with Gasteiger partial charge in [-0.2, -0.15) is 0 Å². The van der Waals surface area contributed by atoms with Gasteiger partial charge in [-0.3, -0.25) is 14.5 Å². The van der Waals surface area contributed by atoms with E-state index in [9.17, 15) is 29.7 Å². The molecule has 1 aliphatic rings. The van der Waals surface area contributed by atoms with E-state index in [1.54, 1.807) is 36.2 Å². The van der Waals surface area contributed by atoms with Crippen molar-refractivity contribution in [1.82, 2.24) is 15.2 Å². The number of anilines is 1. The predicted octanol–water partition coefficient (Wildman–Crippen LogP) is 6.22. The number of aromatic amines is 1. The number of aliphatic hydroxyl groups is 1. The lowest BCUT2D eigenvalue weighted by Crippen LogP contribution is -2.44. The molecule has 300 valence electrons. The summed E-state index contributed by atoms with van der Waals surface area (Å²) in [4.78, 5) is 43.4. The molecule has 2 amide bonds. The Balaban J connectivity index is 1.07. The van der Waals surface area contributed by atoms with E-state index in [0.29, 0.717) is 53.8 Å². The number of pyridine rings is 1. The van der Waals surface area contributed by atoms with Gasteiger partial charge in [0.2, 0.25) is 5.56 Å². The lowest BCUT2D eigenvalue weighted by Gasteiger charge is -2.35. The van der Waals surface area contributed by atoms with Crippen LogP contribution in [-0.4, -0.2) is 83.1 Å². The Morgan fingerprint density at radius 1 is 1.00 bits per heavy atom. The number of nitrogens with two attached hydrogens (primary N) is 1. The van der Waals surface area contributed by atoms with Gasteiger partial charge >= 0.3 is 6.09 Å². The number of aromatic nitrogens is 1. The maximum absolute atomic E-state index is 13.2. The molecule has 0 unspecified atom stereocenters. The number of hydrogen-bond donors (Lipinski definition) is 6. The lowest BCUT2D eigenvalue weighted by molar-refractivity contribution is -0.132. The molecule has 0 bridgehead atoms. The summed E-state index contributed by atoms with van der Waals surface area (Å²) in [6.07, 6.45) is 1.43. The number of carbonyl (C=O) groups is 2. The van der Waals surface area contributed by atoms with Gasteiger partial charge in [0, 0.05) is 67.4 Å². The number of fused-ring (bicyclic) bond motifs is 1. The number of ether oxygens (including phenoxy) is 2. The summed E-state index contributed by atoms with van der Waals surface area (Å²) in [6.45, 7) is 0.513. The Kier molecular flexibility index (Phi) is 13.4. The lowest BCUT2D eigenvalue weighted by atomic mass is 9.89. The van der Waals surface area contributed by atoms with E-state index in [1.807, 2.05) is 48.5 Å². The van der Waals surface area contributed by atoms with Gasteiger partial charge in [-0.15, -0.1) is 0 Å². The number of halogens is 1. The first-order valence-electron chi connectivity index (χ1n) is 18.9. The van der Waals surface area contributed by atoms with E-state index < -0.39 is 12.2 Å². The van der Waals surface area contributed by atoms with Crippen LogP contribution in [0.15, 0.2) is 89.7 Å². The predicted molar refractivity (Wildman–Crippen MR) is 220 cm³/mol. The summed E-state index contributed by atoms with van der Waals surface area (Å²) in [5, 5.41) is 35.5. The minimum Gasteiger partial charge on any atom is -0.506 e. The number of phenols is 1. The molecular weight excluding hydrogens is 750 g/mol. The Morgan fingerprint density at radius 2 is 1.75 bits per heavy atom. The standard InChI is InChI=1S/C43H48ClN5O8/c1-48(19-18-26-8-13-31(27-6-4-3-5-7-27)35(20-26)49(43(54)55)30-11-9-29(45)10-12-30)41(53)25-57-39-22-38(56-2)28(21-34(39)44)23-46-24-37(51)32-14-16-36(50)42-33(32)15-17-40(52)47-42/h3-8,13-17,20-22,29-30,37,46,50-51H,9-12,18-19,23-25,45H2,1-2H3,(H,47,52)(H,54,55)/t29-,30-,37-/m0/s1. The second kappa shape index (κ2) is 18.6. The number of carbonyl (C=O) groups excluding carboxylic acids is 1. The highest BCUT2D eigenvalue weighted by Crippen LogP contribution is 2.37. The first kappa shape index (κ1) is 41.0. The molecule has 1 heterocycles. The molecule has 7 N–H and O–H groups in total. The van der Waals surface area contributed by atoms with Gasteiger partial charge in [0.1, 0.15) is 17.2 Å². The second-order valence-electron chi connectivity index (χ2n) is 14.3. The van der Waals surface area contributed by atoms with Crippen LogP contribution in [0.4, 0.5) is 10.5 Å². The molecule has 13 nitrogen and oxygen atoms in total. The zero-order valence-electron chi connectivity index (χ0n) is 31.9. The molecule has 14 heteroatoms. The maximum atomic E-state index is 13.2. The van der Waals surface area contributed by atoms with Crippen molar-refractivity contribution in [1.29, 1.82) is 0 Å². The molecule has 0 radical (unpaired) electrons. The monoisotopic (exact) mass is 797 g/mol. The van der Waals surface area contributed by atoms with E-state index in [0.717, 1.165) is 29.5 Å². The number of rotatable bonds is 15. The number of phenolic OH excluding ortho intramolecular Hbond substituents is 1. The highest BCUT2D eigenvalue weighted by molar-refractivity contribution is 6.32. The Morgan fingerprint density at radius 3 is 2.47 bits per heavy atom. The number of methoxy groups -OCH3 is 1. The smallest absolute Gasteiger partial charge is 0.412 e. The van der Waals surface area contributed by atoms with E-state index >= 15 is 0 Å². The number of nitrogens with one attached hydrogen (secondary N) is 2. The molecule has 0 saturated heterocycles. The first-order chi connectivity index (χ1) is 27.4. The van der Waals surface area contributed by atoms with Crippen molar-refractivity contribution in [3.63, 3.8) is 0 Å². The van der Waals surface area contributed by atoms with E-state index in [-0.39, 0.29) is 65.3 Å². The fourth-order valence-electron chi connectivity index (χ4n) is 7.30. The van der Waals surface area contributed by atoms with E-state index in [1.165, 1.54) is 24.1 Å². The fourth-order valence-corrected chi connectivity index (χ4v) is 7.54. The molecule has 1 aromatic heterocycles. The minimum atomic E-state index is -1.01. The number of amides is 2. The van der Waals surface area contributed by atoms with Crippen LogP contribution in [0.5, 0.6) is 17.2 Å². The summed E-state index contributed by atoms with van der Waals surface area (Å²) in [5.41, 5.74) is 10.5. The zero-order valence-corrected chi connectivity index (χ0v) is 32.7. The summed E-state index contributed by atoms with van der Waals surface area (Å²) in [7, 11) is 3.19. The summed E-state index contributed by atoms with van der Waals surface area (Å²) < 4.78 is 11.4. The molecular formula is C43H48ClN5O8.